The summed E-state index contributed by atoms with van der Waals surface area (Å²) in [5, 5.41) is 0. The van der Waals surface area contributed by atoms with E-state index in [0.717, 1.165) is 10.0 Å². The predicted octanol–water partition coefficient (Wildman–Crippen LogP) is 3.51. The average molecular weight is 379 g/mol. The van der Waals surface area contributed by atoms with E-state index in [9.17, 15) is 9.18 Å². The number of likely N-dealkylation sites (N-methyl/N-ethyl adjacent to an activating group) is 1. The van der Waals surface area contributed by atoms with Crippen molar-refractivity contribution in [3.63, 3.8) is 0 Å². The van der Waals surface area contributed by atoms with Gasteiger partial charge in [-0.3, -0.25) is 4.79 Å². The minimum absolute atomic E-state index is 0.171. The molecule has 2 aromatic rings. The zero-order valence-electron chi connectivity index (χ0n) is 13.0. The van der Waals surface area contributed by atoms with E-state index in [1.165, 1.54) is 6.07 Å². The number of nitrogens with zero attached hydrogens (tertiary/aromatic N) is 1. The summed E-state index contributed by atoms with van der Waals surface area (Å²) < 4.78 is 14.7. The van der Waals surface area contributed by atoms with Crippen LogP contribution in [0.3, 0.4) is 0 Å². The van der Waals surface area contributed by atoms with Crippen LogP contribution in [0.5, 0.6) is 0 Å². The summed E-state index contributed by atoms with van der Waals surface area (Å²) in [5.74, 6) is -0.494. The van der Waals surface area contributed by atoms with Crippen molar-refractivity contribution in [1.29, 1.82) is 0 Å². The van der Waals surface area contributed by atoms with Gasteiger partial charge in [0.2, 0.25) is 5.91 Å². The fraction of sp³-hybridized carbons (Fsp3) is 0.278. The van der Waals surface area contributed by atoms with Gasteiger partial charge in [-0.15, -0.1) is 0 Å². The van der Waals surface area contributed by atoms with Crippen LogP contribution < -0.4 is 5.73 Å². The van der Waals surface area contributed by atoms with Gasteiger partial charge in [0.15, 0.2) is 0 Å². The Hall–Kier alpha value is -1.72. The van der Waals surface area contributed by atoms with Crippen molar-refractivity contribution in [3.8, 4) is 0 Å². The number of halogens is 2. The van der Waals surface area contributed by atoms with Crippen LogP contribution >= 0.6 is 15.9 Å². The summed E-state index contributed by atoms with van der Waals surface area (Å²) in [4.78, 5) is 14.1. The number of hydrogen-bond donors (Lipinski definition) is 1. The third kappa shape index (κ3) is 4.88. The van der Waals surface area contributed by atoms with Gasteiger partial charge in [-0.05, 0) is 37.1 Å². The highest BCUT2D eigenvalue weighted by Crippen LogP contribution is 2.18. The molecule has 5 heteroatoms. The summed E-state index contributed by atoms with van der Waals surface area (Å²) >= 11 is 3.32. The first-order valence-corrected chi connectivity index (χ1v) is 8.32. The van der Waals surface area contributed by atoms with Crippen LogP contribution in [-0.2, 0) is 17.8 Å². The van der Waals surface area contributed by atoms with Gasteiger partial charge in [0.05, 0.1) is 6.04 Å². The lowest BCUT2D eigenvalue weighted by Gasteiger charge is -2.25. The van der Waals surface area contributed by atoms with Crippen LogP contribution in [0.1, 0.15) is 18.1 Å². The zero-order chi connectivity index (χ0) is 16.8. The largest absolute Gasteiger partial charge is 0.337 e. The molecule has 1 atom stereocenters. The van der Waals surface area contributed by atoms with Gasteiger partial charge in [-0.1, -0.05) is 46.3 Å². The molecule has 0 heterocycles. The summed E-state index contributed by atoms with van der Waals surface area (Å²) in [7, 11) is 0. The van der Waals surface area contributed by atoms with Crippen molar-refractivity contribution < 1.29 is 9.18 Å². The number of carbonyl (C=O) groups is 1. The highest BCUT2D eigenvalue weighted by atomic mass is 79.9. The van der Waals surface area contributed by atoms with E-state index in [1.54, 1.807) is 17.0 Å². The number of nitrogens with two attached hydrogens (primary N) is 1. The quantitative estimate of drug-likeness (QED) is 0.835. The van der Waals surface area contributed by atoms with E-state index in [2.05, 4.69) is 15.9 Å². The standard InChI is InChI=1S/C18H20BrFN2O/c1-2-22(12-14-11-15(19)8-9-16(14)20)18(23)17(21)10-13-6-4-3-5-7-13/h3-9,11,17H,2,10,12,21H2,1H3/t17-/m0/s1. The highest BCUT2D eigenvalue weighted by Gasteiger charge is 2.21. The third-order valence-corrected chi connectivity index (χ3v) is 4.17. The van der Waals surface area contributed by atoms with Crippen molar-refractivity contribution in [3.05, 3.63) is 69.9 Å². The maximum absolute atomic E-state index is 13.9. The van der Waals surface area contributed by atoms with Gasteiger partial charge in [-0.2, -0.15) is 0 Å². The first kappa shape index (κ1) is 17.6. The van der Waals surface area contributed by atoms with Gasteiger partial charge in [0.1, 0.15) is 5.82 Å². The highest BCUT2D eigenvalue weighted by molar-refractivity contribution is 9.10. The monoisotopic (exact) mass is 378 g/mol. The molecule has 0 saturated carbocycles. The number of hydrogen-bond acceptors (Lipinski definition) is 2. The summed E-state index contributed by atoms with van der Waals surface area (Å²) in [5.41, 5.74) is 7.54. The molecule has 1 amide bonds. The molecule has 0 saturated heterocycles. The second-order valence-electron chi connectivity index (χ2n) is 5.38. The smallest absolute Gasteiger partial charge is 0.240 e. The van der Waals surface area contributed by atoms with Crippen LogP contribution in [0.15, 0.2) is 53.0 Å². The fourth-order valence-corrected chi connectivity index (χ4v) is 2.81. The van der Waals surface area contributed by atoms with Gasteiger partial charge in [0, 0.05) is 23.1 Å². The molecule has 122 valence electrons. The molecule has 0 bridgehead atoms. The van der Waals surface area contributed by atoms with E-state index in [1.807, 2.05) is 37.3 Å². The van der Waals surface area contributed by atoms with Gasteiger partial charge >= 0.3 is 0 Å². The Morgan fingerprint density at radius 3 is 2.61 bits per heavy atom. The van der Waals surface area contributed by atoms with Crippen LogP contribution in [-0.4, -0.2) is 23.4 Å². The molecule has 2 N–H and O–H groups in total. The lowest BCUT2D eigenvalue weighted by molar-refractivity contribution is -0.133. The molecule has 0 aromatic heterocycles. The first-order chi connectivity index (χ1) is 11.0. The van der Waals surface area contributed by atoms with Crippen molar-refractivity contribution in [1.82, 2.24) is 4.90 Å². The predicted molar refractivity (Wildman–Crippen MR) is 93.3 cm³/mol. The van der Waals surface area contributed by atoms with Crippen LogP contribution in [0.25, 0.3) is 0 Å². The number of benzene rings is 2. The molecule has 0 unspecified atom stereocenters. The zero-order valence-corrected chi connectivity index (χ0v) is 14.6. The Morgan fingerprint density at radius 2 is 1.96 bits per heavy atom. The van der Waals surface area contributed by atoms with Crippen LogP contribution in [0, 0.1) is 5.82 Å². The second-order valence-corrected chi connectivity index (χ2v) is 6.30. The lowest BCUT2D eigenvalue weighted by Crippen LogP contribution is -2.44. The molecular weight excluding hydrogens is 359 g/mol. The van der Waals surface area contributed by atoms with Crippen molar-refractivity contribution >= 4 is 21.8 Å². The Bertz CT molecular complexity index is 663. The summed E-state index contributed by atoms with van der Waals surface area (Å²) in [6.45, 7) is 2.55. The van der Waals surface area contributed by atoms with E-state index >= 15 is 0 Å². The normalized spacial score (nSPS) is 12.0. The molecule has 0 spiro atoms. The Labute approximate surface area is 144 Å². The number of rotatable bonds is 6. The van der Waals surface area contributed by atoms with Crippen molar-refractivity contribution in [2.45, 2.75) is 25.9 Å². The molecule has 2 rings (SSSR count). The molecule has 23 heavy (non-hydrogen) atoms. The average Bonchev–Trinajstić information content (AvgIpc) is 2.56. The molecule has 3 nitrogen and oxygen atoms in total. The fourth-order valence-electron chi connectivity index (χ4n) is 2.41. The minimum atomic E-state index is -0.632. The summed E-state index contributed by atoms with van der Waals surface area (Å²) in [6, 6.07) is 13.7. The maximum atomic E-state index is 13.9. The maximum Gasteiger partial charge on any atom is 0.240 e. The molecular formula is C18H20BrFN2O. The van der Waals surface area contributed by atoms with Crippen molar-refractivity contribution in [2.24, 2.45) is 5.73 Å². The Balaban J connectivity index is 2.07. The first-order valence-electron chi connectivity index (χ1n) is 7.53. The SMILES string of the molecule is CCN(Cc1cc(Br)ccc1F)C(=O)[C@@H](N)Cc1ccccc1. The molecule has 0 radical (unpaired) electrons. The number of amides is 1. The Morgan fingerprint density at radius 1 is 1.26 bits per heavy atom. The van der Waals surface area contributed by atoms with Gasteiger partial charge in [-0.25, -0.2) is 4.39 Å². The topological polar surface area (TPSA) is 46.3 Å². The van der Waals surface area contributed by atoms with Gasteiger partial charge in [0.25, 0.3) is 0 Å². The van der Waals surface area contributed by atoms with E-state index < -0.39 is 6.04 Å². The van der Waals surface area contributed by atoms with Crippen LogP contribution in [0.2, 0.25) is 0 Å². The van der Waals surface area contributed by atoms with Crippen LogP contribution in [0.4, 0.5) is 4.39 Å². The van der Waals surface area contributed by atoms with Gasteiger partial charge < -0.3 is 10.6 Å². The molecule has 2 aromatic carbocycles. The van der Waals surface area contributed by atoms with E-state index in [-0.39, 0.29) is 18.3 Å². The molecule has 0 aliphatic carbocycles. The van der Waals surface area contributed by atoms with E-state index in [0.29, 0.717) is 18.5 Å². The minimum Gasteiger partial charge on any atom is -0.337 e. The second kappa shape index (κ2) is 8.22. The molecule has 0 aliphatic heterocycles. The number of carbonyl (C=O) groups excluding carboxylic acids is 1. The van der Waals surface area contributed by atoms with Crippen molar-refractivity contribution in [2.75, 3.05) is 6.54 Å². The third-order valence-electron chi connectivity index (χ3n) is 3.68. The lowest BCUT2D eigenvalue weighted by atomic mass is 10.1. The molecule has 0 fully saturated rings. The molecule has 0 aliphatic rings. The summed E-state index contributed by atoms with van der Waals surface area (Å²) in [6.07, 6.45) is 0.469. The van der Waals surface area contributed by atoms with E-state index in [4.69, 9.17) is 5.73 Å². The Kier molecular flexibility index (Phi) is 6.30.